The predicted octanol–water partition coefficient (Wildman–Crippen LogP) is -2.89. The van der Waals surface area contributed by atoms with Gasteiger partial charge in [-0.25, -0.2) is 4.79 Å². The molecule has 1 fully saturated rings. The second-order valence-corrected chi connectivity index (χ2v) is 3.15. The van der Waals surface area contributed by atoms with E-state index in [9.17, 15) is 4.79 Å². The van der Waals surface area contributed by atoms with Crippen LogP contribution < -0.4 is 18.1 Å². The van der Waals surface area contributed by atoms with Crippen LogP contribution in [0.2, 0.25) is 0 Å². The molecule has 12 heavy (non-hydrogen) atoms. The van der Waals surface area contributed by atoms with E-state index in [1.165, 1.54) is 12.8 Å². The van der Waals surface area contributed by atoms with E-state index < -0.39 is 0 Å². The maximum Gasteiger partial charge on any atom is 0.337 e. The van der Waals surface area contributed by atoms with Gasteiger partial charge in [0.05, 0.1) is 6.10 Å². The molecule has 1 aliphatic rings. The number of halogens is 1. The molecule has 0 spiro atoms. The van der Waals surface area contributed by atoms with Crippen molar-refractivity contribution < 1.29 is 27.7 Å². The quantitative estimate of drug-likeness (QED) is 0.523. The first-order valence-electron chi connectivity index (χ1n) is 4.21. The lowest BCUT2D eigenvalue weighted by molar-refractivity contribution is -0.317. The number of carbonyl (C=O) groups excluding carboxylic acids is 1. The third-order valence-electron chi connectivity index (χ3n) is 2.15. The highest BCUT2D eigenvalue weighted by molar-refractivity contribution is 5.69. The molecule has 1 aliphatic carbocycles. The van der Waals surface area contributed by atoms with Crippen LogP contribution in [0.1, 0.15) is 32.6 Å². The Hall–Kier alpha value is -0.120. The van der Waals surface area contributed by atoms with Gasteiger partial charge in [-0.2, -0.15) is 0 Å². The Bertz CT molecular complexity index is 146. The van der Waals surface area contributed by atoms with Crippen LogP contribution in [0, 0.1) is 0 Å². The van der Waals surface area contributed by atoms with Gasteiger partial charge in [0.2, 0.25) is 0 Å². The summed E-state index contributed by atoms with van der Waals surface area (Å²) in [5, 5.41) is 0. The van der Waals surface area contributed by atoms with Gasteiger partial charge in [0.25, 0.3) is 0 Å². The van der Waals surface area contributed by atoms with E-state index in [1.807, 2.05) is 0 Å². The van der Waals surface area contributed by atoms with Gasteiger partial charge in [-0.15, -0.1) is 0 Å². The molecule has 0 aromatic heterocycles. The molecule has 0 aromatic rings. The Labute approximate surface area is 79.1 Å². The Morgan fingerprint density at radius 1 is 1.50 bits per heavy atom. The number of hydrogen-bond acceptors (Lipinski definition) is 2. The van der Waals surface area contributed by atoms with E-state index in [-0.39, 0.29) is 24.4 Å². The molecule has 3 nitrogen and oxygen atoms in total. The molecule has 1 amide bonds. The highest BCUT2D eigenvalue weighted by Crippen LogP contribution is 2.21. The molecule has 1 atom stereocenters. The van der Waals surface area contributed by atoms with Gasteiger partial charge in [-0.05, 0) is 19.8 Å². The molecule has 0 aromatic carbocycles. The number of ether oxygens (including phenoxy) is 1. The van der Waals surface area contributed by atoms with Crippen LogP contribution in [0.5, 0.6) is 0 Å². The maximum atomic E-state index is 10.7. The number of quaternary nitrogens is 1. The zero-order valence-electron chi connectivity index (χ0n) is 7.38. The molecule has 72 valence electrons. The first-order valence-corrected chi connectivity index (χ1v) is 4.21. The van der Waals surface area contributed by atoms with Crippen LogP contribution in [0.4, 0.5) is 0 Å². The van der Waals surface area contributed by atoms with Crippen molar-refractivity contribution in [2.75, 3.05) is 0 Å². The molecular formula is C8H16ClNO2. The van der Waals surface area contributed by atoms with Crippen LogP contribution in [0.3, 0.4) is 0 Å². The van der Waals surface area contributed by atoms with Crippen LogP contribution in [-0.4, -0.2) is 18.1 Å². The topological polar surface area (TPSA) is 53.9 Å². The summed E-state index contributed by atoms with van der Waals surface area (Å²) in [7, 11) is 0. The highest BCUT2D eigenvalue weighted by Gasteiger charge is 2.21. The highest BCUT2D eigenvalue weighted by atomic mass is 35.5. The molecule has 0 unspecified atom stereocenters. The maximum absolute atomic E-state index is 10.7. The molecule has 0 heterocycles. The van der Waals surface area contributed by atoms with Crippen LogP contribution in [0.25, 0.3) is 0 Å². The molecule has 0 radical (unpaired) electrons. The van der Waals surface area contributed by atoms with E-state index in [0.717, 1.165) is 12.8 Å². The molecule has 1 saturated carbocycles. The molecular weight excluding hydrogens is 178 g/mol. The number of amides is 1. The molecule has 0 aliphatic heterocycles. The van der Waals surface area contributed by atoms with Crippen molar-refractivity contribution in [3.8, 4) is 0 Å². The summed E-state index contributed by atoms with van der Waals surface area (Å²) in [6.07, 6.45) is 4.70. The normalized spacial score (nSPS) is 20.2. The lowest BCUT2D eigenvalue weighted by Gasteiger charge is -2.13. The number of hydrogen-bond donors (Lipinski definition) is 1. The molecule has 1 rings (SSSR count). The smallest absolute Gasteiger partial charge is 0.337 e. The number of rotatable bonds is 3. The summed E-state index contributed by atoms with van der Waals surface area (Å²) in [6.45, 7) is 1.77. The van der Waals surface area contributed by atoms with Gasteiger partial charge in [-0.1, -0.05) is 12.8 Å². The van der Waals surface area contributed by atoms with E-state index in [0.29, 0.717) is 6.10 Å². The summed E-state index contributed by atoms with van der Waals surface area (Å²) >= 11 is 0. The summed E-state index contributed by atoms with van der Waals surface area (Å²) in [4.78, 5) is 10.7. The van der Waals surface area contributed by atoms with Crippen molar-refractivity contribution in [1.82, 2.24) is 0 Å². The first-order chi connectivity index (χ1) is 5.20. The molecule has 0 saturated heterocycles. The summed E-state index contributed by atoms with van der Waals surface area (Å²) in [5.74, 6) is -0.114. The Morgan fingerprint density at radius 2 is 2.00 bits per heavy atom. The zero-order chi connectivity index (χ0) is 8.27. The van der Waals surface area contributed by atoms with Gasteiger partial charge in [0, 0.05) is 0 Å². The summed E-state index contributed by atoms with van der Waals surface area (Å²) in [6, 6.07) is 0. The fourth-order valence-electron chi connectivity index (χ4n) is 1.39. The SMILES string of the molecule is C[C@H](OC1CCCC1)C([NH3+])=O.[Cl-]. The van der Waals surface area contributed by atoms with Gasteiger partial charge in [0.15, 0.2) is 6.10 Å². The summed E-state index contributed by atoms with van der Waals surface area (Å²) in [5.41, 5.74) is 3.32. The second-order valence-electron chi connectivity index (χ2n) is 3.15. The molecule has 0 bridgehead atoms. The standard InChI is InChI=1S/C8H15NO2.ClH/c1-6(8(9)10)11-7-4-2-3-5-7;/h6-7H,2-5H2,1H3,(H2,9,10);1H/t6-;/m0./s1. The largest absolute Gasteiger partial charge is 1.00 e. The minimum atomic E-state index is -0.307. The molecule has 3 N–H and O–H groups in total. The number of carbonyl (C=O) groups is 1. The predicted molar refractivity (Wildman–Crippen MR) is 40.7 cm³/mol. The third-order valence-corrected chi connectivity index (χ3v) is 2.15. The van der Waals surface area contributed by atoms with Crippen molar-refractivity contribution >= 4 is 5.91 Å². The monoisotopic (exact) mass is 193 g/mol. The fraction of sp³-hybridized carbons (Fsp3) is 0.875. The van der Waals surface area contributed by atoms with Gasteiger partial charge in [0.1, 0.15) is 0 Å². The van der Waals surface area contributed by atoms with E-state index >= 15 is 0 Å². The fourth-order valence-corrected chi connectivity index (χ4v) is 1.39. The van der Waals surface area contributed by atoms with Crippen LogP contribution in [0.15, 0.2) is 0 Å². The lowest BCUT2D eigenvalue weighted by Crippen LogP contribution is -3.00. The van der Waals surface area contributed by atoms with Crippen molar-refractivity contribution in [1.29, 1.82) is 0 Å². The van der Waals surface area contributed by atoms with Gasteiger partial charge in [-0.3, -0.25) is 5.73 Å². The zero-order valence-corrected chi connectivity index (χ0v) is 8.14. The Kier molecular flexibility index (Phi) is 5.46. The van der Waals surface area contributed by atoms with Gasteiger partial charge < -0.3 is 17.1 Å². The van der Waals surface area contributed by atoms with E-state index in [1.54, 1.807) is 6.92 Å². The van der Waals surface area contributed by atoms with Crippen molar-refractivity contribution in [2.45, 2.75) is 44.8 Å². The second kappa shape index (κ2) is 5.51. The van der Waals surface area contributed by atoms with Crippen molar-refractivity contribution in [2.24, 2.45) is 0 Å². The van der Waals surface area contributed by atoms with Gasteiger partial charge >= 0.3 is 5.91 Å². The average Bonchev–Trinajstić information content (AvgIpc) is 2.39. The van der Waals surface area contributed by atoms with Crippen LogP contribution >= 0.6 is 0 Å². The van der Waals surface area contributed by atoms with E-state index in [4.69, 9.17) is 4.74 Å². The average molecular weight is 194 g/mol. The van der Waals surface area contributed by atoms with Crippen molar-refractivity contribution in [3.63, 3.8) is 0 Å². The first kappa shape index (κ1) is 11.9. The Morgan fingerprint density at radius 3 is 2.42 bits per heavy atom. The minimum absolute atomic E-state index is 0. The van der Waals surface area contributed by atoms with Crippen LogP contribution in [-0.2, 0) is 9.53 Å². The summed E-state index contributed by atoms with van der Waals surface area (Å²) < 4.78 is 5.46. The Balaban J connectivity index is 0.00000121. The minimum Gasteiger partial charge on any atom is -1.00 e. The van der Waals surface area contributed by atoms with Crippen molar-refractivity contribution in [3.05, 3.63) is 0 Å². The van der Waals surface area contributed by atoms with E-state index in [2.05, 4.69) is 5.73 Å². The lowest BCUT2D eigenvalue weighted by atomic mass is 10.3. The third kappa shape index (κ3) is 3.52. The molecule has 4 heteroatoms.